The summed E-state index contributed by atoms with van der Waals surface area (Å²) in [6.07, 6.45) is 2.60. The largest absolute Gasteiger partial charge is 0.280 e. The highest BCUT2D eigenvalue weighted by Gasteiger charge is 2.44. The fourth-order valence-electron chi connectivity index (χ4n) is 9.12. The van der Waals surface area contributed by atoms with Gasteiger partial charge >= 0.3 is 0 Å². The van der Waals surface area contributed by atoms with Crippen LogP contribution in [-0.2, 0) is 24.8 Å². The Morgan fingerprint density at radius 1 is 0.667 bits per heavy atom. The van der Waals surface area contributed by atoms with Crippen molar-refractivity contribution in [3.63, 3.8) is 0 Å². The Morgan fingerprint density at radius 2 is 1.28 bits per heavy atom. The van der Waals surface area contributed by atoms with Gasteiger partial charge in [-0.25, -0.2) is 14.6 Å². The summed E-state index contributed by atoms with van der Waals surface area (Å²) in [7, 11) is 0. The first-order valence-electron chi connectivity index (χ1n) is 18.9. The number of rotatable bonds is 7. The van der Waals surface area contributed by atoms with Gasteiger partial charge in [0.05, 0.1) is 11.6 Å². The number of fused-ring (bicyclic) bond motifs is 3. The van der Waals surface area contributed by atoms with E-state index in [0.717, 1.165) is 70.0 Å². The molecule has 3 aromatic heterocycles. The van der Waals surface area contributed by atoms with Crippen LogP contribution in [0.15, 0.2) is 127 Å². The van der Waals surface area contributed by atoms with E-state index in [1.54, 1.807) is 0 Å². The molecule has 266 valence electrons. The molecule has 1 aliphatic rings. The molecule has 0 spiro atoms. The fraction of sp³-hybridized carbons (Fsp3) is 0.213. The van der Waals surface area contributed by atoms with Gasteiger partial charge in [-0.3, -0.25) is 4.57 Å². The molecular weight excluding hydrogens is 663 g/mol. The highest BCUT2D eigenvalue weighted by atomic mass is 15.6. The SMILES string of the molecule is CCc1nc2c(C)cc(C)nc2n1-c1c(C)cc2c(c1C)CCc1ccccc1C2c1nnnn1C(c1ccccc1)(c1ccccc1)c1ccccc1. The van der Waals surface area contributed by atoms with Gasteiger partial charge in [0.2, 0.25) is 0 Å². The van der Waals surface area contributed by atoms with Gasteiger partial charge in [0.15, 0.2) is 11.5 Å². The van der Waals surface area contributed by atoms with E-state index in [0.29, 0.717) is 0 Å². The van der Waals surface area contributed by atoms with Crippen LogP contribution in [0.1, 0.15) is 85.8 Å². The zero-order chi connectivity index (χ0) is 37.0. The minimum absolute atomic E-state index is 0.233. The molecule has 1 atom stereocenters. The van der Waals surface area contributed by atoms with Gasteiger partial charge in [-0.2, -0.15) is 0 Å². The van der Waals surface area contributed by atoms with Gasteiger partial charge in [0.25, 0.3) is 0 Å². The van der Waals surface area contributed by atoms with E-state index < -0.39 is 5.54 Å². The summed E-state index contributed by atoms with van der Waals surface area (Å²) in [5, 5.41) is 14.5. The summed E-state index contributed by atoms with van der Waals surface area (Å²) >= 11 is 0. The highest BCUT2D eigenvalue weighted by Crippen LogP contribution is 2.46. The second-order valence-electron chi connectivity index (χ2n) is 14.6. The zero-order valence-electron chi connectivity index (χ0n) is 31.5. The lowest BCUT2D eigenvalue weighted by Gasteiger charge is -2.37. The molecule has 0 amide bonds. The molecule has 7 nitrogen and oxygen atoms in total. The van der Waals surface area contributed by atoms with Gasteiger partial charge < -0.3 is 0 Å². The molecule has 9 rings (SSSR count). The van der Waals surface area contributed by atoms with Gasteiger partial charge in [-0.1, -0.05) is 128 Å². The average molecular weight is 706 g/mol. The first-order chi connectivity index (χ1) is 26.4. The minimum Gasteiger partial charge on any atom is -0.280 e. The average Bonchev–Trinajstić information content (AvgIpc) is 3.78. The predicted octanol–water partition coefficient (Wildman–Crippen LogP) is 9.32. The lowest BCUT2D eigenvalue weighted by molar-refractivity contribution is 0.427. The molecule has 1 aliphatic carbocycles. The Labute approximate surface area is 316 Å². The van der Waals surface area contributed by atoms with Crippen LogP contribution in [0.25, 0.3) is 16.9 Å². The van der Waals surface area contributed by atoms with E-state index in [4.69, 9.17) is 20.3 Å². The maximum absolute atomic E-state index is 5.14. The van der Waals surface area contributed by atoms with Crippen molar-refractivity contribution in [3.05, 3.63) is 200 Å². The normalized spacial score (nSPS) is 14.1. The summed E-state index contributed by atoms with van der Waals surface area (Å²) in [6, 6.07) is 45.4. The number of imidazole rings is 1. The van der Waals surface area contributed by atoms with Crippen LogP contribution >= 0.6 is 0 Å². The van der Waals surface area contributed by atoms with E-state index >= 15 is 0 Å². The van der Waals surface area contributed by atoms with E-state index in [2.05, 4.69) is 176 Å². The molecule has 1 unspecified atom stereocenters. The summed E-state index contributed by atoms with van der Waals surface area (Å²) in [6.45, 7) is 10.9. The molecule has 0 bridgehead atoms. The minimum atomic E-state index is -0.860. The third-order valence-corrected chi connectivity index (χ3v) is 11.4. The van der Waals surface area contributed by atoms with E-state index in [-0.39, 0.29) is 5.92 Å². The number of benzene rings is 5. The van der Waals surface area contributed by atoms with Crippen LogP contribution in [0.3, 0.4) is 0 Å². The quantitative estimate of drug-likeness (QED) is 0.155. The Balaban J connectivity index is 1.35. The number of pyridine rings is 1. The van der Waals surface area contributed by atoms with Gasteiger partial charge in [0, 0.05) is 12.1 Å². The molecule has 0 aliphatic heterocycles. The molecule has 0 radical (unpaired) electrons. The smallest absolute Gasteiger partial charge is 0.165 e. The Bertz CT molecular complexity index is 2540. The molecule has 54 heavy (non-hydrogen) atoms. The predicted molar refractivity (Wildman–Crippen MR) is 214 cm³/mol. The molecule has 0 N–H and O–H groups in total. The summed E-state index contributed by atoms with van der Waals surface area (Å²) in [5.74, 6) is 1.58. The highest BCUT2D eigenvalue weighted by molar-refractivity contribution is 5.79. The molecule has 3 heterocycles. The number of tetrazole rings is 1. The van der Waals surface area contributed by atoms with Crippen molar-refractivity contribution in [2.24, 2.45) is 0 Å². The molecule has 8 aromatic rings. The third kappa shape index (κ3) is 5.13. The Kier molecular flexibility index (Phi) is 8.30. The molecule has 0 fully saturated rings. The number of nitrogens with zero attached hydrogens (tertiary/aromatic N) is 7. The van der Waals surface area contributed by atoms with Crippen LogP contribution < -0.4 is 0 Å². The summed E-state index contributed by atoms with van der Waals surface area (Å²) in [4.78, 5) is 10.2. The van der Waals surface area contributed by atoms with Crippen LogP contribution in [-0.4, -0.2) is 34.7 Å². The maximum Gasteiger partial charge on any atom is 0.165 e. The van der Waals surface area contributed by atoms with Crippen LogP contribution in [0.5, 0.6) is 0 Å². The van der Waals surface area contributed by atoms with Crippen molar-refractivity contribution < 1.29 is 0 Å². The van der Waals surface area contributed by atoms with Crippen molar-refractivity contribution in [1.82, 2.24) is 34.7 Å². The number of hydrogen-bond acceptors (Lipinski definition) is 5. The maximum atomic E-state index is 5.14. The van der Waals surface area contributed by atoms with Gasteiger partial charge in [-0.15, -0.1) is 5.10 Å². The van der Waals surface area contributed by atoms with Crippen molar-refractivity contribution in [2.45, 2.75) is 65.3 Å². The molecule has 0 saturated carbocycles. The monoisotopic (exact) mass is 705 g/mol. The fourth-order valence-corrected chi connectivity index (χ4v) is 9.12. The van der Waals surface area contributed by atoms with E-state index in [9.17, 15) is 0 Å². The number of aryl methyl sites for hydroxylation is 5. The summed E-state index contributed by atoms with van der Waals surface area (Å²) in [5.41, 5.74) is 15.1. The van der Waals surface area contributed by atoms with E-state index in [1.807, 2.05) is 0 Å². The molecular formula is C47H43N7. The Hall–Kier alpha value is -6.21. The second kappa shape index (κ2) is 13.3. The zero-order valence-corrected chi connectivity index (χ0v) is 31.5. The van der Waals surface area contributed by atoms with Gasteiger partial charge in [-0.05, 0) is 113 Å². The first-order valence-corrected chi connectivity index (χ1v) is 18.9. The molecule has 5 aromatic carbocycles. The van der Waals surface area contributed by atoms with Crippen molar-refractivity contribution in [3.8, 4) is 5.69 Å². The van der Waals surface area contributed by atoms with Crippen molar-refractivity contribution in [2.75, 3.05) is 0 Å². The lowest BCUT2D eigenvalue weighted by Crippen LogP contribution is -2.40. The number of hydrogen-bond donors (Lipinski definition) is 0. The standard InChI is InChI=1S/C47H43N7/c1-6-41-49-43-30(2)28-32(4)48-46(43)53(41)44-31(3)29-40-38(33(44)5)27-26-34-18-16-17-25-39(34)42(40)45-50-51-52-54(45)47(35-19-10-7-11-20-35,36-21-12-8-13-22-36)37-23-14-9-15-24-37/h7-25,28-29,42H,6,26-27H2,1-5H3. The topological polar surface area (TPSA) is 74.3 Å². The third-order valence-electron chi connectivity index (χ3n) is 11.4. The molecule has 7 heteroatoms. The van der Waals surface area contributed by atoms with Crippen molar-refractivity contribution in [1.29, 1.82) is 0 Å². The molecule has 0 saturated heterocycles. The van der Waals surface area contributed by atoms with Crippen LogP contribution in [0.2, 0.25) is 0 Å². The number of aromatic nitrogens is 7. The second-order valence-corrected chi connectivity index (χ2v) is 14.6. The van der Waals surface area contributed by atoms with Gasteiger partial charge in [0.1, 0.15) is 16.9 Å². The first kappa shape index (κ1) is 33.6. The van der Waals surface area contributed by atoms with E-state index in [1.165, 1.54) is 39.1 Å². The lowest BCUT2D eigenvalue weighted by atomic mass is 9.76. The van der Waals surface area contributed by atoms with Crippen LogP contribution in [0, 0.1) is 27.7 Å². The Morgan fingerprint density at radius 3 is 1.91 bits per heavy atom. The summed E-state index contributed by atoms with van der Waals surface area (Å²) < 4.78 is 4.43. The van der Waals surface area contributed by atoms with Crippen molar-refractivity contribution >= 4 is 11.2 Å². The van der Waals surface area contributed by atoms with Crippen LogP contribution in [0.4, 0.5) is 0 Å².